The van der Waals surface area contributed by atoms with Gasteiger partial charge >= 0.3 is 0 Å². The molecule has 3 heterocycles. The molecule has 0 saturated carbocycles. The third-order valence-electron chi connectivity index (χ3n) is 4.21. The molecule has 0 aromatic carbocycles. The van der Waals surface area contributed by atoms with Gasteiger partial charge in [0.2, 0.25) is 0 Å². The molecule has 1 aliphatic heterocycles. The standard InChI is InChI=1S/C17H24N4S/c1-2-18-11-14-6-9-21(10-7-14)12-15-13-22-17(20-15)16-5-3-4-8-19-16/h3-5,8,13-14,18H,2,6-7,9-12H2,1H3. The summed E-state index contributed by atoms with van der Waals surface area (Å²) in [6.45, 7) is 7.77. The number of hydrogen-bond donors (Lipinski definition) is 1. The minimum Gasteiger partial charge on any atom is -0.317 e. The van der Waals surface area contributed by atoms with Gasteiger partial charge in [-0.2, -0.15) is 0 Å². The third-order valence-corrected chi connectivity index (χ3v) is 5.13. The molecule has 1 saturated heterocycles. The fourth-order valence-electron chi connectivity index (χ4n) is 2.91. The quantitative estimate of drug-likeness (QED) is 0.889. The maximum atomic E-state index is 4.75. The van der Waals surface area contributed by atoms with E-state index in [1.54, 1.807) is 11.3 Å². The SMILES string of the molecule is CCNCC1CCN(Cc2csc(-c3ccccn3)n2)CC1. The van der Waals surface area contributed by atoms with E-state index in [-0.39, 0.29) is 0 Å². The van der Waals surface area contributed by atoms with E-state index in [1.165, 1.54) is 38.2 Å². The minimum absolute atomic E-state index is 0.843. The van der Waals surface area contributed by atoms with E-state index in [4.69, 9.17) is 4.98 Å². The topological polar surface area (TPSA) is 41.0 Å². The van der Waals surface area contributed by atoms with Gasteiger partial charge in [0.05, 0.1) is 11.4 Å². The molecule has 3 rings (SSSR count). The number of likely N-dealkylation sites (tertiary alicyclic amines) is 1. The normalized spacial score (nSPS) is 17.0. The minimum atomic E-state index is 0.843. The van der Waals surface area contributed by atoms with Crippen LogP contribution in [0.25, 0.3) is 10.7 Å². The molecule has 5 heteroatoms. The molecule has 2 aromatic rings. The largest absolute Gasteiger partial charge is 0.317 e. The fraction of sp³-hybridized carbons (Fsp3) is 0.529. The highest BCUT2D eigenvalue weighted by Crippen LogP contribution is 2.23. The number of aromatic nitrogens is 2. The Hall–Kier alpha value is -1.30. The lowest BCUT2D eigenvalue weighted by Crippen LogP contribution is -2.36. The van der Waals surface area contributed by atoms with Gasteiger partial charge in [0.15, 0.2) is 0 Å². The summed E-state index contributed by atoms with van der Waals surface area (Å²) in [5.74, 6) is 0.843. The lowest BCUT2D eigenvalue weighted by Gasteiger charge is -2.31. The lowest BCUT2D eigenvalue weighted by atomic mass is 9.97. The number of piperidine rings is 1. The van der Waals surface area contributed by atoms with Crippen LogP contribution in [0.5, 0.6) is 0 Å². The molecule has 0 radical (unpaired) electrons. The van der Waals surface area contributed by atoms with Crippen LogP contribution in [0.3, 0.4) is 0 Å². The Labute approximate surface area is 136 Å². The molecule has 0 atom stereocenters. The molecule has 22 heavy (non-hydrogen) atoms. The van der Waals surface area contributed by atoms with Crippen LogP contribution in [0.1, 0.15) is 25.5 Å². The summed E-state index contributed by atoms with van der Waals surface area (Å²) < 4.78 is 0. The van der Waals surface area contributed by atoms with Crippen molar-refractivity contribution in [3.8, 4) is 10.7 Å². The van der Waals surface area contributed by atoms with E-state index in [9.17, 15) is 0 Å². The fourth-order valence-corrected chi connectivity index (χ4v) is 3.70. The maximum Gasteiger partial charge on any atom is 0.142 e. The highest BCUT2D eigenvalue weighted by Gasteiger charge is 2.19. The molecular formula is C17H24N4S. The van der Waals surface area contributed by atoms with Gasteiger partial charge in [-0.15, -0.1) is 11.3 Å². The van der Waals surface area contributed by atoms with Crippen molar-refractivity contribution in [3.05, 3.63) is 35.5 Å². The van der Waals surface area contributed by atoms with Crippen molar-refractivity contribution in [2.75, 3.05) is 26.2 Å². The summed E-state index contributed by atoms with van der Waals surface area (Å²) in [6.07, 6.45) is 4.42. The van der Waals surface area contributed by atoms with Crippen LogP contribution in [0.4, 0.5) is 0 Å². The Morgan fingerprint density at radius 1 is 1.32 bits per heavy atom. The Bertz CT molecular complexity index is 561. The van der Waals surface area contributed by atoms with Gasteiger partial charge in [-0.05, 0) is 57.1 Å². The summed E-state index contributed by atoms with van der Waals surface area (Å²) in [5, 5.41) is 6.67. The Kier molecular flexibility index (Phi) is 5.53. The van der Waals surface area contributed by atoms with Crippen LogP contribution < -0.4 is 5.32 Å². The highest BCUT2D eigenvalue weighted by atomic mass is 32.1. The Balaban J connectivity index is 1.51. The van der Waals surface area contributed by atoms with Crippen molar-refractivity contribution >= 4 is 11.3 Å². The van der Waals surface area contributed by atoms with Gasteiger partial charge < -0.3 is 5.32 Å². The second kappa shape index (κ2) is 7.81. The summed E-state index contributed by atoms with van der Waals surface area (Å²) in [6, 6.07) is 5.98. The molecule has 2 aromatic heterocycles. The number of nitrogens with one attached hydrogen (secondary N) is 1. The molecule has 1 fully saturated rings. The third kappa shape index (κ3) is 4.12. The second-order valence-corrected chi connectivity index (χ2v) is 6.74. The van der Waals surface area contributed by atoms with Crippen molar-refractivity contribution in [2.45, 2.75) is 26.3 Å². The van der Waals surface area contributed by atoms with Crippen molar-refractivity contribution in [2.24, 2.45) is 5.92 Å². The number of hydrogen-bond acceptors (Lipinski definition) is 5. The summed E-state index contributed by atoms with van der Waals surface area (Å²) in [7, 11) is 0. The van der Waals surface area contributed by atoms with Gasteiger partial charge in [0.1, 0.15) is 5.01 Å². The first-order valence-electron chi connectivity index (χ1n) is 8.14. The van der Waals surface area contributed by atoms with Crippen molar-refractivity contribution in [1.29, 1.82) is 0 Å². The molecule has 0 spiro atoms. The number of nitrogens with zero attached hydrogens (tertiary/aromatic N) is 3. The molecular weight excluding hydrogens is 292 g/mol. The molecule has 0 aliphatic carbocycles. The second-order valence-electron chi connectivity index (χ2n) is 5.89. The van der Waals surface area contributed by atoms with Crippen molar-refractivity contribution in [3.63, 3.8) is 0 Å². The molecule has 0 bridgehead atoms. The number of rotatable bonds is 6. The van der Waals surface area contributed by atoms with Crippen LogP contribution in [0.15, 0.2) is 29.8 Å². The van der Waals surface area contributed by atoms with Gasteiger partial charge in [0, 0.05) is 18.1 Å². The van der Waals surface area contributed by atoms with E-state index >= 15 is 0 Å². The predicted octanol–water partition coefficient (Wildman–Crippen LogP) is 3.03. The first kappa shape index (κ1) is 15.6. The van der Waals surface area contributed by atoms with E-state index < -0.39 is 0 Å². The molecule has 0 amide bonds. The summed E-state index contributed by atoms with van der Waals surface area (Å²) in [5.41, 5.74) is 2.15. The van der Waals surface area contributed by atoms with Gasteiger partial charge in [0.25, 0.3) is 0 Å². The molecule has 118 valence electrons. The predicted molar refractivity (Wildman–Crippen MR) is 91.9 cm³/mol. The van der Waals surface area contributed by atoms with Crippen LogP contribution in [-0.2, 0) is 6.54 Å². The zero-order valence-corrected chi connectivity index (χ0v) is 14.0. The van der Waals surface area contributed by atoms with Crippen molar-refractivity contribution < 1.29 is 0 Å². The zero-order chi connectivity index (χ0) is 15.2. The Morgan fingerprint density at radius 3 is 2.91 bits per heavy atom. The van der Waals surface area contributed by atoms with Gasteiger partial charge in [-0.25, -0.2) is 4.98 Å². The van der Waals surface area contributed by atoms with E-state index in [1.807, 2.05) is 24.4 Å². The molecule has 1 N–H and O–H groups in total. The lowest BCUT2D eigenvalue weighted by molar-refractivity contribution is 0.174. The number of thiazole rings is 1. The monoisotopic (exact) mass is 316 g/mol. The van der Waals surface area contributed by atoms with E-state index in [0.29, 0.717) is 0 Å². The van der Waals surface area contributed by atoms with Crippen LogP contribution in [0.2, 0.25) is 0 Å². The van der Waals surface area contributed by atoms with Gasteiger partial charge in [-0.1, -0.05) is 13.0 Å². The van der Waals surface area contributed by atoms with Crippen LogP contribution in [-0.4, -0.2) is 41.0 Å². The van der Waals surface area contributed by atoms with Gasteiger partial charge in [-0.3, -0.25) is 9.88 Å². The highest BCUT2D eigenvalue weighted by molar-refractivity contribution is 7.13. The molecule has 4 nitrogen and oxygen atoms in total. The first-order chi connectivity index (χ1) is 10.8. The summed E-state index contributed by atoms with van der Waals surface area (Å²) in [4.78, 5) is 11.6. The maximum absolute atomic E-state index is 4.75. The van der Waals surface area contributed by atoms with E-state index in [2.05, 4.69) is 27.5 Å². The number of pyridine rings is 1. The molecule has 0 unspecified atom stereocenters. The summed E-state index contributed by atoms with van der Waals surface area (Å²) >= 11 is 1.69. The zero-order valence-electron chi connectivity index (χ0n) is 13.2. The average molecular weight is 316 g/mol. The molecule has 1 aliphatic rings. The first-order valence-corrected chi connectivity index (χ1v) is 9.02. The smallest absolute Gasteiger partial charge is 0.142 e. The average Bonchev–Trinajstić information content (AvgIpc) is 3.04. The van der Waals surface area contributed by atoms with Crippen LogP contribution >= 0.6 is 11.3 Å². The van der Waals surface area contributed by atoms with Crippen molar-refractivity contribution in [1.82, 2.24) is 20.2 Å². The van der Waals surface area contributed by atoms with E-state index in [0.717, 1.165) is 29.7 Å². The van der Waals surface area contributed by atoms with Crippen LogP contribution in [0, 0.1) is 5.92 Å². The Morgan fingerprint density at radius 2 is 2.18 bits per heavy atom.